The Labute approximate surface area is 123 Å². The molecule has 1 atom stereocenters. The van der Waals surface area contributed by atoms with E-state index in [1.165, 1.54) is 0 Å². The van der Waals surface area contributed by atoms with Crippen molar-refractivity contribution in [2.75, 3.05) is 13.1 Å². The molecule has 2 rings (SSSR count). The largest absolute Gasteiger partial charge is 0.489 e. The maximum absolute atomic E-state index is 12.0. The second-order valence-electron chi connectivity index (χ2n) is 5.27. The number of piperidine rings is 1. The van der Waals surface area contributed by atoms with Crippen molar-refractivity contribution in [1.82, 2.24) is 4.90 Å². The molecule has 1 heterocycles. The topological polar surface area (TPSA) is 29.5 Å². The lowest BCUT2D eigenvalue weighted by molar-refractivity contribution is -0.137. The van der Waals surface area contributed by atoms with Crippen molar-refractivity contribution >= 4 is 21.8 Å². The van der Waals surface area contributed by atoms with E-state index < -0.39 is 0 Å². The smallest absolute Gasteiger partial charge is 0.225 e. The lowest BCUT2D eigenvalue weighted by atomic mass is 10.1. The van der Waals surface area contributed by atoms with Crippen LogP contribution in [0.4, 0.5) is 0 Å². The highest BCUT2D eigenvalue weighted by Gasteiger charge is 2.26. The van der Waals surface area contributed by atoms with E-state index in [1.807, 2.05) is 43.0 Å². The van der Waals surface area contributed by atoms with Crippen molar-refractivity contribution in [3.8, 4) is 5.75 Å². The summed E-state index contributed by atoms with van der Waals surface area (Å²) in [5.74, 6) is 1.16. The standard InChI is InChI=1S/C15H20BrNO2/c1-11(2)15(18)17-9-3-4-14(10-17)19-13-7-5-12(16)6-8-13/h5-8,11,14H,3-4,9-10H2,1-2H3. The highest BCUT2D eigenvalue weighted by atomic mass is 79.9. The van der Waals surface area contributed by atoms with Gasteiger partial charge in [0.25, 0.3) is 0 Å². The first-order valence-electron chi connectivity index (χ1n) is 6.77. The van der Waals surface area contributed by atoms with Gasteiger partial charge in [-0.2, -0.15) is 0 Å². The second kappa shape index (κ2) is 6.42. The molecule has 4 heteroatoms. The van der Waals surface area contributed by atoms with Crippen LogP contribution >= 0.6 is 15.9 Å². The van der Waals surface area contributed by atoms with Gasteiger partial charge < -0.3 is 9.64 Å². The minimum atomic E-state index is 0.0615. The number of benzene rings is 1. The van der Waals surface area contributed by atoms with Crippen molar-refractivity contribution in [3.63, 3.8) is 0 Å². The van der Waals surface area contributed by atoms with E-state index in [1.54, 1.807) is 0 Å². The van der Waals surface area contributed by atoms with Gasteiger partial charge >= 0.3 is 0 Å². The van der Waals surface area contributed by atoms with Gasteiger partial charge in [0, 0.05) is 16.9 Å². The maximum atomic E-state index is 12.0. The van der Waals surface area contributed by atoms with E-state index in [0.29, 0.717) is 6.54 Å². The van der Waals surface area contributed by atoms with E-state index in [9.17, 15) is 4.79 Å². The SMILES string of the molecule is CC(C)C(=O)N1CCCC(Oc2ccc(Br)cc2)C1. The number of nitrogens with zero attached hydrogens (tertiary/aromatic N) is 1. The van der Waals surface area contributed by atoms with E-state index >= 15 is 0 Å². The number of hydrogen-bond donors (Lipinski definition) is 0. The quantitative estimate of drug-likeness (QED) is 0.851. The van der Waals surface area contributed by atoms with Crippen molar-refractivity contribution in [1.29, 1.82) is 0 Å². The summed E-state index contributed by atoms with van der Waals surface area (Å²) < 4.78 is 7.00. The van der Waals surface area contributed by atoms with E-state index in [2.05, 4.69) is 15.9 Å². The predicted octanol–water partition coefficient (Wildman–Crippen LogP) is 3.47. The fourth-order valence-corrected chi connectivity index (χ4v) is 2.57. The zero-order valence-corrected chi connectivity index (χ0v) is 13.0. The van der Waals surface area contributed by atoms with Gasteiger partial charge in [-0.3, -0.25) is 4.79 Å². The van der Waals surface area contributed by atoms with Gasteiger partial charge in [0.05, 0.1) is 6.54 Å². The van der Waals surface area contributed by atoms with Crippen LogP contribution in [0.15, 0.2) is 28.7 Å². The lowest BCUT2D eigenvalue weighted by Crippen LogP contribution is -2.45. The molecular weight excluding hydrogens is 306 g/mol. The van der Waals surface area contributed by atoms with Gasteiger partial charge in [0.15, 0.2) is 0 Å². The summed E-state index contributed by atoms with van der Waals surface area (Å²) >= 11 is 3.41. The third kappa shape index (κ3) is 3.96. The number of likely N-dealkylation sites (tertiary alicyclic amines) is 1. The Bertz CT molecular complexity index is 430. The van der Waals surface area contributed by atoms with Crippen LogP contribution in [0.25, 0.3) is 0 Å². The molecule has 0 N–H and O–H groups in total. The van der Waals surface area contributed by atoms with E-state index in [0.717, 1.165) is 29.6 Å². The molecule has 1 aromatic carbocycles. The van der Waals surface area contributed by atoms with E-state index in [4.69, 9.17) is 4.74 Å². The van der Waals surface area contributed by atoms with Crippen molar-refractivity contribution in [2.24, 2.45) is 5.92 Å². The van der Waals surface area contributed by atoms with Gasteiger partial charge in [-0.05, 0) is 37.1 Å². The molecule has 1 fully saturated rings. The summed E-state index contributed by atoms with van der Waals surface area (Å²) in [6.45, 7) is 5.45. The average molecular weight is 326 g/mol. The molecular formula is C15H20BrNO2. The first-order chi connectivity index (χ1) is 9.06. The molecule has 1 aliphatic heterocycles. The molecule has 1 amide bonds. The Morgan fingerprint density at radius 2 is 2.05 bits per heavy atom. The van der Waals surface area contributed by atoms with Crippen LogP contribution in [0, 0.1) is 5.92 Å². The number of halogens is 1. The van der Waals surface area contributed by atoms with Crippen LogP contribution in [0.2, 0.25) is 0 Å². The Hall–Kier alpha value is -1.03. The molecule has 0 spiro atoms. The predicted molar refractivity (Wildman–Crippen MR) is 79.2 cm³/mol. The monoisotopic (exact) mass is 325 g/mol. The zero-order chi connectivity index (χ0) is 13.8. The molecule has 0 aliphatic carbocycles. The van der Waals surface area contributed by atoms with Crippen LogP contribution in [0.3, 0.4) is 0 Å². The Balaban J connectivity index is 1.94. The Morgan fingerprint density at radius 1 is 1.37 bits per heavy atom. The van der Waals surface area contributed by atoms with Gasteiger partial charge in [-0.15, -0.1) is 0 Å². The molecule has 0 bridgehead atoms. The highest BCUT2D eigenvalue weighted by Crippen LogP contribution is 2.21. The third-order valence-electron chi connectivity index (χ3n) is 3.30. The fourth-order valence-electron chi connectivity index (χ4n) is 2.31. The lowest BCUT2D eigenvalue weighted by Gasteiger charge is -2.34. The fraction of sp³-hybridized carbons (Fsp3) is 0.533. The molecule has 104 valence electrons. The van der Waals surface area contributed by atoms with Crippen molar-refractivity contribution in [3.05, 3.63) is 28.7 Å². The van der Waals surface area contributed by atoms with Gasteiger partial charge in [0.2, 0.25) is 5.91 Å². The first kappa shape index (κ1) is 14.4. The molecule has 1 saturated heterocycles. The normalized spacial score (nSPS) is 19.6. The molecule has 1 aromatic rings. The second-order valence-corrected chi connectivity index (χ2v) is 6.19. The van der Waals surface area contributed by atoms with Crippen molar-refractivity contribution in [2.45, 2.75) is 32.8 Å². The number of amides is 1. The summed E-state index contributed by atoms with van der Waals surface area (Å²) in [4.78, 5) is 13.9. The molecule has 1 aliphatic rings. The molecule has 19 heavy (non-hydrogen) atoms. The Morgan fingerprint density at radius 3 is 2.68 bits per heavy atom. The van der Waals surface area contributed by atoms with Crippen LogP contribution in [-0.2, 0) is 4.79 Å². The maximum Gasteiger partial charge on any atom is 0.225 e. The molecule has 0 aromatic heterocycles. The third-order valence-corrected chi connectivity index (χ3v) is 3.83. The van der Waals surface area contributed by atoms with E-state index in [-0.39, 0.29) is 17.9 Å². The summed E-state index contributed by atoms with van der Waals surface area (Å²) in [7, 11) is 0. The summed E-state index contributed by atoms with van der Waals surface area (Å²) in [5, 5.41) is 0. The number of rotatable bonds is 3. The molecule has 0 radical (unpaired) electrons. The Kier molecular flexibility index (Phi) is 4.86. The molecule has 0 saturated carbocycles. The number of ether oxygens (including phenoxy) is 1. The average Bonchev–Trinajstić information content (AvgIpc) is 2.41. The van der Waals surface area contributed by atoms with Gasteiger partial charge in [-0.25, -0.2) is 0 Å². The molecule has 1 unspecified atom stereocenters. The summed E-state index contributed by atoms with van der Waals surface area (Å²) in [5.41, 5.74) is 0. The van der Waals surface area contributed by atoms with Crippen LogP contribution in [-0.4, -0.2) is 30.0 Å². The first-order valence-corrected chi connectivity index (χ1v) is 7.56. The van der Waals surface area contributed by atoms with Crippen LogP contribution in [0.1, 0.15) is 26.7 Å². The van der Waals surface area contributed by atoms with Crippen molar-refractivity contribution < 1.29 is 9.53 Å². The minimum Gasteiger partial charge on any atom is -0.489 e. The zero-order valence-electron chi connectivity index (χ0n) is 11.4. The van der Waals surface area contributed by atoms with Crippen LogP contribution in [0.5, 0.6) is 5.75 Å². The van der Waals surface area contributed by atoms with Gasteiger partial charge in [-0.1, -0.05) is 29.8 Å². The van der Waals surface area contributed by atoms with Crippen LogP contribution < -0.4 is 4.74 Å². The number of carbonyl (C=O) groups is 1. The summed E-state index contributed by atoms with van der Waals surface area (Å²) in [6.07, 6.45) is 2.13. The minimum absolute atomic E-state index is 0.0615. The number of carbonyl (C=O) groups excluding carboxylic acids is 1. The summed E-state index contributed by atoms with van der Waals surface area (Å²) in [6, 6.07) is 7.84. The number of hydrogen-bond acceptors (Lipinski definition) is 2. The van der Waals surface area contributed by atoms with Gasteiger partial charge in [0.1, 0.15) is 11.9 Å². The molecule has 3 nitrogen and oxygen atoms in total. The highest BCUT2D eigenvalue weighted by molar-refractivity contribution is 9.10.